The van der Waals surface area contributed by atoms with Gasteiger partial charge >= 0.3 is 18.5 Å². The summed E-state index contributed by atoms with van der Waals surface area (Å²) in [6.07, 6.45) is -21.0. The fourth-order valence-corrected chi connectivity index (χ4v) is 4.17. The molecule has 0 heterocycles. The standard InChI is InChI=1S/C18H27F9O2/c1-10(2)28-14(5,16(19,20)21)12-7-6-8-13(9-12)15(17(22,23)24,18(25,26)27)29-11(3)4/h10-13H,6-9H2,1-5H3. The SMILES string of the molecule is CC(C)OC(C)(C1CCCC(C(OC(C)C)(C(F)(F)F)C(F)(F)F)C1)C(F)(F)F. The van der Waals surface area contributed by atoms with Crippen molar-refractivity contribution < 1.29 is 49.0 Å². The highest BCUT2D eigenvalue weighted by Gasteiger charge is 2.76. The molecule has 174 valence electrons. The summed E-state index contributed by atoms with van der Waals surface area (Å²) in [5.41, 5.74) is -7.42. The van der Waals surface area contributed by atoms with Crippen molar-refractivity contribution in [3.8, 4) is 0 Å². The molecule has 0 aromatic carbocycles. The minimum atomic E-state index is -5.85. The normalized spacial score (nSPS) is 24.8. The molecule has 1 saturated carbocycles. The van der Waals surface area contributed by atoms with Crippen molar-refractivity contribution >= 4 is 0 Å². The zero-order valence-electron chi connectivity index (χ0n) is 16.9. The quantitative estimate of drug-likeness (QED) is 0.417. The second kappa shape index (κ2) is 8.43. The fourth-order valence-electron chi connectivity index (χ4n) is 4.17. The Hall–Kier alpha value is -0.710. The number of halogens is 9. The fraction of sp³-hybridized carbons (Fsp3) is 1.00. The minimum Gasteiger partial charge on any atom is -0.363 e. The summed E-state index contributed by atoms with van der Waals surface area (Å²) in [6, 6.07) is 0. The molecular weight excluding hydrogens is 419 g/mol. The third kappa shape index (κ3) is 5.14. The van der Waals surface area contributed by atoms with Crippen molar-refractivity contribution in [1.29, 1.82) is 0 Å². The van der Waals surface area contributed by atoms with E-state index in [1.54, 1.807) is 0 Å². The molecule has 0 radical (unpaired) electrons. The molecule has 0 aromatic rings. The zero-order chi connectivity index (χ0) is 23.1. The van der Waals surface area contributed by atoms with Gasteiger partial charge in [0, 0.05) is 5.92 Å². The third-order valence-corrected chi connectivity index (χ3v) is 5.34. The van der Waals surface area contributed by atoms with Crippen LogP contribution in [-0.4, -0.2) is 41.9 Å². The molecule has 1 aliphatic rings. The number of hydrogen-bond donors (Lipinski definition) is 0. The van der Waals surface area contributed by atoms with Crippen molar-refractivity contribution in [2.45, 2.75) is 102 Å². The number of hydrogen-bond acceptors (Lipinski definition) is 2. The van der Waals surface area contributed by atoms with Crippen molar-refractivity contribution in [2.24, 2.45) is 11.8 Å². The predicted molar refractivity (Wildman–Crippen MR) is 87.2 cm³/mol. The first-order valence-corrected chi connectivity index (χ1v) is 9.35. The second-order valence-electron chi connectivity index (χ2n) is 8.23. The second-order valence-corrected chi connectivity index (χ2v) is 8.23. The van der Waals surface area contributed by atoms with Crippen LogP contribution >= 0.6 is 0 Å². The van der Waals surface area contributed by atoms with Crippen LogP contribution in [0.2, 0.25) is 0 Å². The molecule has 1 aliphatic carbocycles. The van der Waals surface area contributed by atoms with Gasteiger partial charge < -0.3 is 9.47 Å². The van der Waals surface area contributed by atoms with Crippen molar-refractivity contribution in [3.63, 3.8) is 0 Å². The van der Waals surface area contributed by atoms with E-state index in [1.807, 2.05) is 0 Å². The van der Waals surface area contributed by atoms with Gasteiger partial charge in [-0.3, -0.25) is 0 Å². The lowest BCUT2D eigenvalue weighted by molar-refractivity contribution is -0.409. The molecule has 3 unspecified atom stereocenters. The summed E-state index contributed by atoms with van der Waals surface area (Å²) in [5, 5.41) is 0. The summed E-state index contributed by atoms with van der Waals surface area (Å²) in [5.74, 6) is -3.80. The van der Waals surface area contributed by atoms with Gasteiger partial charge in [-0.1, -0.05) is 6.42 Å². The maximum atomic E-state index is 13.8. The highest BCUT2D eigenvalue weighted by Crippen LogP contribution is 2.57. The van der Waals surface area contributed by atoms with Crippen LogP contribution in [0.4, 0.5) is 39.5 Å². The summed E-state index contributed by atoms with van der Waals surface area (Å²) in [4.78, 5) is 0. The summed E-state index contributed by atoms with van der Waals surface area (Å²) in [7, 11) is 0. The van der Waals surface area contributed by atoms with E-state index in [-0.39, 0.29) is 12.8 Å². The Morgan fingerprint density at radius 1 is 0.655 bits per heavy atom. The average molecular weight is 446 g/mol. The van der Waals surface area contributed by atoms with Gasteiger partial charge in [-0.25, -0.2) is 0 Å². The molecule has 0 spiro atoms. The van der Waals surface area contributed by atoms with Crippen LogP contribution < -0.4 is 0 Å². The number of rotatable bonds is 6. The average Bonchev–Trinajstić information content (AvgIpc) is 2.48. The Labute approximate surface area is 164 Å². The molecule has 1 fully saturated rings. The van der Waals surface area contributed by atoms with Crippen molar-refractivity contribution in [3.05, 3.63) is 0 Å². The van der Waals surface area contributed by atoms with Crippen LogP contribution in [0.3, 0.4) is 0 Å². The van der Waals surface area contributed by atoms with Crippen LogP contribution in [0.25, 0.3) is 0 Å². The Morgan fingerprint density at radius 2 is 1.07 bits per heavy atom. The van der Waals surface area contributed by atoms with E-state index in [0.717, 1.165) is 13.8 Å². The van der Waals surface area contributed by atoms with Crippen LogP contribution in [0.15, 0.2) is 0 Å². The molecular formula is C18H27F9O2. The van der Waals surface area contributed by atoms with Crippen molar-refractivity contribution in [2.75, 3.05) is 0 Å². The summed E-state index contributed by atoms with van der Waals surface area (Å²) in [6.45, 7) is 5.37. The lowest BCUT2D eigenvalue weighted by atomic mass is 9.67. The molecule has 0 aromatic heterocycles. The zero-order valence-corrected chi connectivity index (χ0v) is 16.9. The molecule has 0 bridgehead atoms. The molecule has 2 nitrogen and oxygen atoms in total. The van der Waals surface area contributed by atoms with Gasteiger partial charge in [-0.05, 0) is 59.8 Å². The highest BCUT2D eigenvalue weighted by molar-refractivity contribution is 5.06. The lowest BCUT2D eigenvalue weighted by Crippen LogP contribution is -2.66. The molecule has 0 saturated heterocycles. The number of ether oxygens (including phenoxy) is 2. The van der Waals surface area contributed by atoms with Gasteiger partial charge in [0.1, 0.15) is 0 Å². The molecule has 0 N–H and O–H groups in total. The van der Waals surface area contributed by atoms with E-state index in [0.29, 0.717) is 6.92 Å². The first-order chi connectivity index (χ1) is 12.8. The first kappa shape index (κ1) is 26.3. The molecule has 0 aliphatic heterocycles. The third-order valence-electron chi connectivity index (χ3n) is 5.34. The van der Waals surface area contributed by atoms with Gasteiger partial charge in [-0.15, -0.1) is 0 Å². The summed E-state index contributed by atoms with van der Waals surface area (Å²) < 4.78 is 133. The molecule has 1 rings (SSSR count). The Morgan fingerprint density at radius 3 is 1.41 bits per heavy atom. The maximum absolute atomic E-state index is 13.8. The van der Waals surface area contributed by atoms with Crippen LogP contribution in [0.1, 0.15) is 60.3 Å². The highest BCUT2D eigenvalue weighted by atomic mass is 19.4. The smallest absolute Gasteiger partial charge is 0.363 e. The van der Waals surface area contributed by atoms with Gasteiger partial charge in [-0.2, -0.15) is 39.5 Å². The maximum Gasteiger partial charge on any atom is 0.426 e. The van der Waals surface area contributed by atoms with E-state index in [1.165, 1.54) is 13.8 Å². The van der Waals surface area contributed by atoms with Crippen LogP contribution in [0, 0.1) is 11.8 Å². The van der Waals surface area contributed by atoms with E-state index in [2.05, 4.69) is 4.74 Å². The summed E-state index contributed by atoms with van der Waals surface area (Å²) >= 11 is 0. The molecule has 0 amide bonds. The Bertz CT molecular complexity index is 523. The van der Waals surface area contributed by atoms with Gasteiger partial charge in [0.15, 0.2) is 5.60 Å². The van der Waals surface area contributed by atoms with Crippen molar-refractivity contribution in [1.82, 2.24) is 0 Å². The monoisotopic (exact) mass is 446 g/mol. The van der Waals surface area contributed by atoms with Crippen LogP contribution in [-0.2, 0) is 9.47 Å². The lowest BCUT2D eigenvalue weighted by Gasteiger charge is -2.49. The molecule has 11 heteroatoms. The largest absolute Gasteiger partial charge is 0.426 e. The Kier molecular flexibility index (Phi) is 7.66. The molecule has 3 atom stereocenters. The van der Waals surface area contributed by atoms with E-state index < -0.39 is 66.6 Å². The predicted octanol–water partition coefficient (Wildman–Crippen LogP) is 6.83. The van der Waals surface area contributed by atoms with Gasteiger partial charge in [0.25, 0.3) is 5.60 Å². The number of alkyl halides is 9. The topological polar surface area (TPSA) is 18.5 Å². The van der Waals surface area contributed by atoms with Gasteiger partial charge in [0.05, 0.1) is 12.2 Å². The van der Waals surface area contributed by atoms with E-state index in [9.17, 15) is 39.5 Å². The minimum absolute atomic E-state index is 0.202. The van der Waals surface area contributed by atoms with Gasteiger partial charge in [0.2, 0.25) is 0 Å². The molecule has 29 heavy (non-hydrogen) atoms. The van der Waals surface area contributed by atoms with E-state index in [4.69, 9.17) is 4.74 Å². The Balaban J connectivity index is 3.48. The van der Waals surface area contributed by atoms with Crippen LogP contribution in [0.5, 0.6) is 0 Å². The first-order valence-electron chi connectivity index (χ1n) is 9.35. The van der Waals surface area contributed by atoms with E-state index >= 15 is 0 Å².